The van der Waals surface area contributed by atoms with Crippen LogP contribution < -0.4 is 5.32 Å². The molecule has 0 saturated carbocycles. The van der Waals surface area contributed by atoms with Crippen molar-refractivity contribution in [2.75, 3.05) is 18.4 Å². The van der Waals surface area contributed by atoms with Gasteiger partial charge in [-0.25, -0.2) is 9.78 Å². The van der Waals surface area contributed by atoms with Gasteiger partial charge in [-0.1, -0.05) is 24.3 Å². The number of rotatable bonds is 6. The SMILES string of the molecule is CC(C)(C)N(CCCNc1cccc2ccc(-c3nnc4ccccn34)nc12)C(=O)O. The van der Waals surface area contributed by atoms with Gasteiger partial charge in [0.2, 0.25) is 0 Å². The van der Waals surface area contributed by atoms with E-state index in [0.29, 0.717) is 25.3 Å². The minimum atomic E-state index is -0.899. The summed E-state index contributed by atoms with van der Waals surface area (Å²) >= 11 is 0. The van der Waals surface area contributed by atoms with Gasteiger partial charge in [0, 0.05) is 30.2 Å². The third kappa shape index (κ3) is 4.28. The van der Waals surface area contributed by atoms with E-state index in [0.717, 1.165) is 27.9 Å². The predicted octanol–water partition coefficient (Wildman–Crippen LogP) is 4.53. The fraction of sp³-hybridized carbons (Fsp3) is 0.304. The van der Waals surface area contributed by atoms with Crippen molar-refractivity contribution in [3.8, 4) is 11.5 Å². The van der Waals surface area contributed by atoms with Crippen molar-refractivity contribution in [3.05, 3.63) is 54.7 Å². The Balaban J connectivity index is 1.55. The van der Waals surface area contributed by atoms with Crippen LogP contribution in [-0.2, 0) is 0 Å². The Hall–Kier alpha value is -3.68. The van der Waals surface area contributed by atoms with Gasteiger partial charge in [0.1, 0.15) is 5.69 Å². The highest BCUT2D eigenvalue weighted by Gasteiger charge is 2.25. The summed E-state index contributed by atoms with van der Waals surface area (Å²) in [4.78, 5) is 17.8. The first-order valence-corrected chi connectivity index (χ1v) is 10.3. The molecule has 0 aliphatic heterocycles. The van der Waals surface area contributed by atoms with E-state index in [4.69, 9.17) is 4.98 Å². The van der Waals surface area contributed by atoms with Gasteiger partial charge in [-0.05, 0) is 51.5 Å². The van der Waals surface area contributed by atoms with E-state index in [1.165, 1.54) is 4.90 Å². The van der Waals surface area contributed by atoms with Crippen LogP contribution in [-0.4, -0.2) is 54.3 Å². The van der Waals surface area contributed by atoms with Crippen molar-refractivity contribution in [1.29, 1.82) is 0 Å². The van der Waals surface area contributed by atoms with E-state index >= 15 is 0 Å². The minimum Gasteiger partial charge on any atom is -0.465 e. The van der Waals surface area contributed by atoms with Crippen LogP contribution in [0.15, 0.2) is 54.7 Å². The summed E-state index contributed by atoms with van der Waals surface area (Å²) in [7, 11) is 0. The van der Waals surface area contributed by atoms with Crippen molar-refractivity contribution in [2.45, 2.75) is 32.7 Å². The van der Waals surface area contributed by atoms with Gasteiger partial charge in [-0.2, -0.15) is 0 Å². The van der Waals surface area contributed by atoms with Gasteiger partial charge >= 0.3 is 6.09 Å². The van der Waals surface area contributed by atoms with Crippen LogP contribution in [0.4, 0.5) is 10.5 Å². The van der Waals surface area contributed by atoms with Gasteiger partial charge in [0.25, 0.3) is 0 Å². The molecule has 0 radical (unpaired) electrons. The summed E-state index contributed by atoms with van der Waals surface area (Å²) in [5, 5.41) is 22.4. The molecule has 8 nitrogen and oxygen atoms in total. The fourth-order valence-corrected chi connectivity index (χ4v) is 3.61. The first kappa shape index (κ1) is 20.6. The molecule has 0 saturated heterocycles. The summed E-state index contributed by atoms with van der Waals surface area (Å²) in [5.74, 6) is 0.689. The Morgan fingerprint density at radius 2 is 1.94 bits per heavy atom. The fourth-order valence-electron chi connectivity index (χ4n) is 3.61. The number of fused-ring (bicyclic) bond motifs is 2. The normalized spacial score (nSPS) is 11.7. The topological polar surface area (TPSA) is 95.6 Å². The molecule has 4 aromatic rings. The Morgan fingerprint density at radius 1 is 1.10 bits per heavy atom. The van der Waals surface area contributed by atoms with Gasteiger partial charge < -0.3 is 15.3 Å². The van der Waals surface area contributed by atoms with E-state index in [-0.39, 0.29) is 0 Å². The van der Waals surface area contributed by atoms with E-state index in [1.807, 2.05) is 79.9 Å². The number of para-hydroxylation sites is 1. The summed E-state index contributed by atoms with van der Waals surface area (Å²) in [6, 6.07) is 15.7. The molecule has 0 bridgehead atoms. The summed E-state index contributed by atoms with van der Waals surface area (Å²) < 4.78 is 1.91. The van der Waals surface area contributed by atoms with Crippen LogP contribution in [0.5, 0.6) is 0 Å². The number of carbonyl (C=O) groups is 1. The van der Waals surface area contributed by atoms with Gasteiger partial charge in [0.15, 0.2) is 11.5 Å². The smallest absolute Gasteiger partial charge is 0.407 e. The Labute approximate surface area is 180 Å². The first-order valence-electron chi connectivity index (χ1n) is 10.3. The zero-order chi connectivity index (χ0) is 22.0. The van der Waals surface area contributed by atoms with E-state index in [2.05, 4.69) is 15.5 Å². The molecule has 160 valence electrons. The van der Waals surface area contributed by atoms with Crippen LogP contribution in [0.3, 0.4) is 0 Å². The third-order valence-electron chi connectivity index (χ3n) is 5.18. The highest BCUT2D eigenvalue weighted by Crippen LogP contribution is 2.25. The lowest BCUT2D eigenvalue weighted by Crippen LogP contribution is -2.45. The molecule has 31 heavy (non-hydrogen) atoms. The maximum Gasteiger partial charge on any atom is 0.407 e. The third-order valence-corrected chi connectivity index (χ3v) is 5.18. The van der Waals surface area contributed by atoms with E-state index in [9.17, 15) is 9.90 Å². The standard InChI is InChI=1S/C23H26N6O2/c1-23(2,3)29(22(30)31)15-7-13-24-17-9-6-8-16-11-12-18(25-20(16)17)21-27-26-19-10-4-5-14-28(19)21/h4-6,8-12,14,24H,7,13,15H2,1-3H3,(H,30,31). The van der Waals surface area contributed by atoms with E-state index in [1.54, 1.807) is 0 Å². The second kappa shape index (κ2) is 8.22. The minimum absolute atomic E-state index is 0.428. The lowest BCUT2D eigenvalue weighted by molar-refractivity contribution is 0.100. The summed E-state index contributed by atoms with van der Waals surface area (Å²) in [6.07, 6.45) is 1.71. The van der Waals surface area contributed by atoms with Gasteiger partial charge in [0.05, 0.1) is 11.2 Å². The van der Waals surface area contributed by atoms with Gasteiger partial charge in [-0.3, -0.25) is 4.40 Å². The Kier molecular flexibility index (Phi) is 5.46. The maximum absolute atomic E-state index is 11.5. The molecular formula is C23H26N6O2. The number of anilines is 1. The molecule has 0 atom stereocenters. The molecule has 1 amide bonds. The highest BCUT2D eigenvalue weighted by molar-refractivity contribution is 5.91. The van der Waals surface area contributed by atoms with Crippen molar-refractivity contribution in [1.82, 2.24) is 24.5 Å². The van der Waals surface area contributed by atoms with Crippen LogP contribution in [0, 0.1) is 0 Å². The lowest BCUT2D eigenvalue weighted by Gasteiger charge is -2.33. The van der Waals surface area contributed by atoms with Crippen molar-refractivity contribution in [2.24, 2.45) is 0 Å². The Bertz CT molecular complexity index is 1230. The number of aromatic nitrogens is 4. The molecule has 0 spiro atoms. The maximum atomic E-state index is 11.5. The predicted molar refractivity (Wildman–Crippen MR) is 121 cm³/mol. The Morgan fingerprint density at radius 3 is 2.71 bits per heavy atom. The number of nitrogens with zero attached hydrogens (tertiary/aromatic N) is 5. The average Bonchev–Trinajstić information content (AvgIpc) is 3.16. The molecule has 0 aliphatic carbocycles. The molecule has 3 aromatic heterocycles. The van der Waals surface area contributed by atoms with Gasteiger partial charge in [-0.15, -0.1) is 10.2 Å². The van der Waals surface area contributed by atoms with E-state index < -0.39 is 11.6 Å². The number of carboxylic acid groups (broad SMARTS) is 1. The quantitative estimate of drug-likeness (QED) is 0.447. The number of hydrogen-bond acceptors (Lipinski definition) is 5. The van der Waals surface area contributed by atoms with Crippen LogP contribution >= 0.6 is 0 Å². The number of hydrogen-bond donors (Lipinski definition) is 2. The van der Waals surface area contributed by atoms with Crippen LogP contribution in [0.25, 0.3) is 28.1 Å². The lowest BCUT2D eigenvalue weighted by atomic mass is 10.1. The monoisotopic (exact) mass is 418 g/mol. The van der Waals surface area contributed by atoms with Crippen molar-refractivity contribution < 1.29 is 9.90 Å². The molecule has 3 heterocycles. The molecule has 0 aliphatic rings. The number of amides is 1. The zero-order valence-electron chi connectivity index (χ0n) is 17.9. The molecule has 4 rings (SSSR count). The molecule has 1 aromatic carbocycles. The molecule has 2 N–H and O–H groups in total. The second-order valence-corrected chi connectivity index (χ2v) is 8.41. The summed E-state index contributed by atoms with van der Waals surface area (Å²) in [5.41, 5.74) is 2.84. The number of nitrogens with one attached hydrogen (secondary N) is 1. The number of pyridine rings is 2. The summed E-state index contributed by atoms with van der Waals surface area (Å²) in [6.45, 7) is 6.80. The van der Waals surface area contributed by atoms with Crippen LogP contribution in [0.2, 0.25) is 0 Å². The van der Waals surface area contributed by atoms with Crippen molar-refractivity contribution >= 4 is 28.3 Å². The van der Waals surface area contributed by atoms with Crippen LogP contribution in [0.1, 0.15) is 27.2 Å². The van der Waals surface area contributed by atoms with Crippen molar-refractivity contribution in [3.63, 3.8) is 0 Å². The largest absolute Gasteiger partial charge is 0.465 e. The molecule has 0 fully saturated rings. The molecule has 0 unspecified atom stereocenters. The molecular weight excluding hydrogens is 392 g/mol. The average molecular weight is 419 g/mol. The molecule has 8 heteroatoms. The second-order valence-electron chi connectivity index (χ2n) is 8.41. The first-order chi connectivity index (χ1) is 14.8. The number of benzene rings is 1. The zero-order valence-corrected chi connectivity index (χ0v) is 17.9. The highest BCUT2D eigenvalue weighted by atomic mass is 16.4.